The van der Waals surface area contributed by atoms with E-state index in [2.05, 4.69) is 10.9 Å². The van der Waals surface area contributed by atoms with Gasteiger partial charge in [0.1, 0.15) is 17.2 Å². The van der Waals surface area contributed by atoms with Crippen molar-refractivity contribution < 1.29 is 23.8 Å². The van der Waals surface area contributed by atoms with Gasteiger partial charge in [0.2, 0.25) is 0 Å². The molecule has 0 saturated carbocycles. The minimum atomic E-state index is -0.516. The van der Waals surface area contributed by atoms with Gasteiger partial charge in [-0.15, -0.1) is 0 Å². The van der Waals surface area contributed by atoms with Gasteiger partial charge in [0.25, 0.3) is 11.8 Å². The van der Waals surface area contributed by atoms with Crippen LogP contribution in [0.3, 0.4) is 0 Å². The number of para-hydroxylation sites is 1. The van der Waals surface area contributed by atoms with Gasteiger partial charge in [0.15, 0.2) is 0 Å². The Kier molecular flexibility index (Phi) is 5.62. The van der Waals surface area contributed by atoms with E-state index in [0.29, 0.717) is 22.8 Å². The number of carbonyl (C=O) groups excluding carboxylic acids is 2. The number of hydrogen-bond acceptors (Lipinski definition) is 5. The maximum Gasteiger partial charge on any atom is 0.273 e. The molecule has 0 saturated heterocycles. The molecule has 0 heterocycles. The number of benzene rings is 2. The third-order valence-corrected chi connectivity index (χ3v) is 3.29. The summed E-state index contributed by atoms with van der Waals surface area (Å²) in [5.74, 6) is 0.289. The summed E-state index contributed by atoms with van der Waals surface area (Å²) in [7, 11) is 4.42. The molecule has 24 heavy (non-hydrogen) atoms. The highest BCUT2D eigenvalue weighted by molar-refractivity contribution is 6.01. The summed E-state index contributed by atoms with van der Waals surface area (Å²) in [6.45, 7) is 0. The van der Waals surface area contributed by atoms with Gasteiger partial charge < -0.3 is 14.2 Å². The standard InChI is InChI=1S/C17H18N2O5/c1-22-11-8-9-13(15(10-11)24-3)17(21)19-18-16(20)12-6-4-5-7-14(12)23-2/h4-10H,1-3H3,(H,18,20)(H,19,21). The molecule has 2 rings (SSSR count). The molecule has 0 atom stereocenters. The number of hydrogen-bond donors (Lipinski definition) is 2. The van der Waals surface area contributed by atoms with Crippen LogP contribution >= 0.6 is 0 Å². The van der Waals surface area contributed by atoms with E-state index < -0.39 is 11.8 Å². The molecule has 0 unspecified atom stereocenters. The average Bonchev–Trinajstić information content (AvgIpc) is 2.65. The number of ether oxygens (including phenoxy) is 3. The minimum Gasteiger partial charge on any atom is -0.497 e. The second-order valence-corrected chi connectivity index (χ2v) is 4.67. The quantitative estimate of drug-likeness (QED) is 0.816. The van der Waals surface area contributed by atoms with Crippen molar-refractivity contribution in [1.29, 1.82) is 0 Å². The van der Waals surface area contributed by atoms with Crippen molar-refractivity contribution >= 4 is 11.8 Å². The third kappa shape index (κ3) is 3.75. The van der Waals surface area contributed by atoms with E-state index in [0.717, 1.165) is 0 Å². The van der Waals surface area contributed by atoms with Crippen LogP contribution in [0.4, 0.5) is 0 Å². The van der Waals surface area contributed by atoms with E-state index in [1.807, 2.05) is 0 Å². The molecule has 0 aliphatic carbocycles. The van der Waals surface area contributed by atoms with Gasteiger partial charge in [-0.2, -0.15) is 0 Å². The van der Waals surface area contributed by atoms with Crippen molar-refractivity contribution in [3.63, 3.8) is 0 Å². The number of amides is 2. The second-order valence-electron chi connectivity index (χ2n) is 4.67. The van der Waals surface area contributed by atoms with Crippen LogP contribution in [0.1, 0.15) is 20.7 Å². The Hall–Kier alpha value is -3.22. The number of methoxy groups -OCH3 is 3. The molecule has 0 fully saturated rings. The summed E-state index contributed by atoms with van der Waals surface area (Å²) in [6.07, 6.45) is 0. The summed E-state index contributed by atoms with van der Waals surface area (Å²) in [5.41, 5.74) is 5.26. The number of hydrazine groups is 1. The van der Waals surface area contributed by atoms with Crippen LogP contribution in [0.15, 0.2) is 42.5 Å². The lowest BCUT2D eigenvalue weighted by atomic mass is 10.2. The molecule has 7 nitrogen and oxygen atoms in total. The van der Waals surface area contributed by atoms with Gasteiger partial charge in [-0.25, -0.2) is 0 Å². The van der Waals surface area contributed by atoms with Gasteiger partial charge in [-0.05, 0) is 24.3 Å². The van der Waals surface area contributed by atoms with E-state index in [9.17, 15) is 9.59 Å². The Balaban J connectivity index is 2.09. The molecule has 2 amide bonds. The predicted molar refractivity (Wildman–Crippen MR) is 87.5 cm³/mol. The summed E-state index contributed by atoms with van der Waals surface area (Å²) in [4.78, 5) is 24.4. The molecule has 2 aromatic rings. The van der Waals surface area contributed by atoms with Crippen LogP contribution in [-0.4, -0.2) is 33.1 Å². The van der Waals surface area contributed by atoms with Gasteiger partial charge >= 0.3 is 0 Å². The lowest BCUT2D eigenvalue weighted by Crippen LogP contribution is -2.41. The molecular weight excluding hydrogens is 312 g/mol. The highest BCUT2D eigenvalue weighted by atomic mass is 16.5. The first-order valence-corrected chi connectivity index (χ1v) is 7.06. The molecule has 0 radical (unpaired) electrons. The fourth-order valence-corrected chi connectivity index (χ4v) is 2.07. The molecule has 7 heteroatoms. The SMILES string of the molecule is COc1ccc(C(=O)NNC(=O)c2ccccc2OC)c(OC)c1. The Bertz CT molecular complexity index is 746. The maximum atomic E-state index is 12.2. The molecule has 0 bridgehead atoms. The molecule has 126 valence electrons. The molecule has 0 aliphatic rings. The maximum absolute atomic E-state index is 12.2. The van der Waals surface area contributed by atoms with Gasteiger partial charge in [0, 0.05) is 6.07 Å². The van der Waals surface area contributed by atoms with Crippen LogP contribution in [-0.2, 0) is 0 Å². The topological polar surface area (TPSA) is 85.9 Å². The predicted octanol–water partition coefficient (Wildman–Crippen LogP) is 1.79. The molecule has 2 aromatic carbocycles. The first kappa shape index (κ1) is 17.1. The fraction of sp³-hybridized carbons (Fsp3) is 0.176. The second kappa shape index (κ2) is 7.87. The fourth-order valence-electron chi connectivity index (χ4n) is 2.07. The first-order valence-electron chi connectivity index (χ1n) is 7.06. The monoisotopic (exact) mass is 330 g/mol. The van der Waals surface area contributed by atoms with Gasteiger partial charge in [0.05, 0.1) is 32.5 Å². The number of nitrogens with one attached hydrogen (secondary N) is 2. The van der Waals surface area contributed by atoms with Gasteiger partial charge in [-0.3, -0.25) is 20.4 Å². The summed E-state index contributed by atoms with van der Waals surface area (Å²) in [6, 6.07) is 11.4. The smallest absolute Gasteiger partial charge is 0.273 e. The number of rotatable bonds is 5. The first-order chi connectivity index (χ1) is 11.6. The summed E-state index contributed by atoms with van der Waals surface area (Å²) < 4.78 is 15.4. The lowest BCUT2D eigenvalue weighted by Gasteiger charge is -2.12. The zero-order chi connectivity index (χ0) is 17.5. The molecular formula is C17H18N2O5. The molecule has 0 aromatic heterocycles. The Morgan fingerprint density at radius 3 is 1.92 bits per heavy atom. The van der Waals surface area contributed by atoms with Crippen LogP contribution in [0.25, 0.3) is 0 Å². The highest BCUT2D eigenvalue weighted by Gasteiger charge is 2.16. The zero-order valence-corrected chi connectivity index (χ0v) is 13.6. The van der Waals surface area contributed by atoms with Crippen molar-refractivity contribution in [1.82, 2.24) is 10.9 Å². The molecule has 0 aliphatic heterocycles. The highest BCUT2D eigenvalue weighted by Crippen LogP contribution is 2.24. The Labute approximate surface area is 139 Å². The van der Waals surface area contributed by atoms with Crippen molar-refractivity contribution in [2.24, 2.45) is 0 Å². The normalized spacial score (nSPS) is 9.79. The van der Waals surface area contributed by atoms with Crippen LogP contribution < -0.4 is 25.1 Å². The van der Waals surface area contributed by atoms with Crippen LogP contribution in [0, 0.1) is 0 Å². The number of carbonyl (C=O) groups is 2. The van der Waals surface area contributed by atoms with Crippen molar-refractivity contribution in [2.75, 3.05) is 21.3 Å². The van der Waals surface area contributed by atoms with E-state index in [1.54, 1.807) is 42.5 Å². The van der Waals surface area contributed by atoms with Crippen molar-refractivity contribution in [3.8, 4) is 17.2 Å². The Morgan fingerprint density at radius 1 is 0.750 bits per heavy atom. The van der Waals surface area contributed by atoms with Crippen molar-refractivity contribution in [3.05, 3.63) is 53.6 Å². The lowest BCUT2D eigenvalue weighted by molar-refractivity contribution is 0.0843. The minimum absolute atomic E-state index is 0.263. The van der Waals surface area contributed by atoms with Crippen LogP contribution in [0.5, 0.6) is 17.2 Å². The van der Waals surface area contributed by atoms with Crippen molar-refractivity contribution in [2.45, 2.75) is 0 Å². The molecule has 2 N–H and O–H groups in total. The largest absolute Gasteiger partial charge is 0.497 e. The van der Waals surface area contributed by atoms with Gasteiger partial charge in [-0.1, -0.05) is 12.1 Å². The molecule has 0 spiro atoms. The Morgan fingerprint density at radius 2 is 1.33 bits per heavy atom. The third-order valence-electron chi connectivity index (χ3n) is 3.29. The van der Waals surface area contributed by atoms with E-state index in [1.165, 1.54) is 21.3 Å². The van der Waals surface area contributed by atoms with Crippen LogP contribution in [0.2, 0.25) is 0 Å². The summed E-state index contributed by atoms with van der Waals surface area (Å²) in [5, 5.41) is 0. The van der Waals surface area contributed by atoms with E-state index in [4.69, 9.17) is 14.2 Å². The average molecular weight is 330 g/mol. The van der Waals surface area contributed by atoms with E-state index >= 15 is 0 Å². The zero-order valence-electron chi connectivity index (χ0n) is 13.6. The summed E-state index contributed by atoms with van der Waals surface area (Å²) >= 11 is 0. The van der Waals surface area contributed by atoms with E-state index in [-0.39, 0.29) is 5.56 Å².